The molecular formula is C17H25N5O3S2. The average molecular weight is 412 g/mol. The molecule has 0 aromatic carbocycles. The fourth-order valence-electron chi connectivity index (χ4n) is 3.23. The van der Waals surface area contributed by atoms with Crippen LogP contribution in [0.1, 0.15) is 50.0 Å². The molecule has 1 atom stereocenters. The number of sulfonamides is 1. The Balaban J connectivity index is 1.66. The number of piperidine rings is 1. The third kappa shape index (κ3) is 4.74. The lowest BCUT2D eigenvalue weighted by Crippen LogP contribution is -2.43. The molecule has 1 saturated heterocycles. The highest BCUT2D eigenvalue weighted by atomic mass is 32.2. The van der Waals surface area contributed by atoms with E-state index in [1.165, 1.54) is 11.3 Å². The van der Waals surface area contributed by atoms with Crippen LogP contribution in [0.25, 0.3) is 0 Å². The molecule has 0 radical (unpaired) electrons. The number of carbonyl (C=O) groups is 1. The Hall–Kier alpha value is -1.78. The smallest absolute Gasteiger partial charge is 0.273 e. The minimum Gasteiger partial charge on any atom is -0.348 e. The number of amides is 1. The van der Waals surface area contributed by atoms with E-state index in [9.17, 15) is 13.2 Å². The summed E-state index contributed by atoms with van der Waals surface area (Å²) < 4.78 is 29.5. The molecular weight excluding hydrogens is 386 g/mol. The minimum atomic E-state index is -3.45. The first-order chi connectivity index (χ1) is 12.9. The fourth-order valence-corrected chi connectivity index (χ4v) is 6.08. The van der Waals surface area contributed by atoms with Crippen molar-refractivity contribution in [2.75, 3.05) is 6.54 Å². The van der Waals surface area contributed by atoms with Crippen LogP contribution < -0.4 is 5.32 Å². The summed E-state index contributed by atoms with van der Waals surface area (Å²) in [6.07, 6.45) is 4.97. The average Bonchev–Trinajstić information content (AvgIpc) is 3.32. The lowest BCUT2D eigenvalue weighted by Gasteiger charge is -2.34. The lowest BCUT2D eigenvalue weighted by atomic mass is 10.0. The van der Waals surface area contributed by atoms with Crippen LogP contribution in [-0.2, 0) is 16.6 Å². The van der Waals surface area contributed by atoms with Crippen molar-refractivity contribution < 1.29 is 13.2 Å². The number of nitrogens with one attached hydrogen (secondary N) is 1. The normalized spacial score (nSPS) is 18.7. The Morgan fingerprint density at radius 2 is 2.22 bits per heavy atom. The molecule has 1 aliphatic heterocycles. The highest BCUT2D eigenvalue weighted by Gasteiger charge is 2.33. The second-order valence-electron chi connectivity index (χ2n) is 6.98. The SMILES string of the molecule is CC(C)NC(=O)c1cn(CC[C@H]2CCCCN2S(=O)(=O)c2cccs2)nn1. The standard InChI is InChI=1S/C17H25N5O3S2/c1-13(2)18-17(23)15-12-21(20-19-15)10-8-14-6-3-4-9-22(14)27(24,25)16-7-5-11-26-16/h5,7,11-14H,3-4,6,8-10H2,1-2H3,(H,18,23)/t14-/m1/s1. The zero-order valence-electron chi connectivity index (χ0n) is 15.5. The highest BCUT2D eigenvalue weighted by Crippen LogP contribution is 2.29. The molecule has 0 bridgehead atoms. The number of carbonyl (C=O) groups excluding carboxylic acids is 1. The van der Waals surface area contributed by atoms with Crippen LogP contribution in [0.4, 0.5) is 0 Å². The van der Waals surface area contributed by atoms with Gasteiger partial charge in [0.25, 0.3) is 15.9 Å². The monoisotopic (exact) mass is 411 g/mol. The first kappa shape index (κ1) is 20.0. The fraction of sp³-hybridized carbons (Fsp3) is 0.588. The predicted octanol–water partition coefficient (Wildman–Crippen LogP) is 2.11. The Morgan fingerprint density at radius 1 is 1.41 bits per heavy atom. The number of hydrogen-bond donors (Lipinski definition) is 1. The molecule has 2 aromatic rings. The van der Waals surface area contributed by atoms with Crippen molar-refractivity contribution in [1.82, 2.24) is 24.6 Å². The number of aromatic nitrogens is 3. The number of nitrogens with zero attached hydrogens (tertiary/aromatic N) is 4. The maximum absolute atomic E-state index is 12.9. The van der Waals surface area contributed by atoms with Crippen molar-refractivity contribution in [1.29, 1.82) is 0 Å². The quantitative estimate of drug-likeness (QED) is 0.753. The first-order valence-corrected chi connectivity index (χ1v) is 11.5. The van der Waals surface area contributed by atoms with E-state index < -0.39 is 10.0 Å². The van der Waals surface area contributed by atoms with Gasteiger partial charge in [-0.25, -0.2) is 8.42 Å². The molecule has 148 valence electrons. The molecule has 1 amide bonds. The maximum atomic E-state index is 12.9. The van der Waals surface area contributed by atoms with Gasteiger partial charge in [0, 0.05) is 25.2 Å². The third-order valence-electron chi connectivity index (χ3n) is 4.51. The minimum absolute atomic E-state index is 0.0286. The van der Waals surface area contributed by atoms with Crippen LogP contribution in [0.5, 0.6) is 0 Å². The van der Waals surface area contributed by atoms with Gasteiger partial charge in [-0.3, -0.25) is 9.48 Å². The second-order valence-corrected chi connectivity index (χ2v) is 10.0. The van der Waals surface area contributed by atoms with Gasteiger partial charge in [0.1, 0.15) is 4.21 Å². The van der Waals surface area contributed by atoms with Gasteiger partial charge in [-0.05, 0) is 44.6 Å². The van der Waals surface area contributed by atoms with Crippen LogP contribution >= 0.6 is 11.3 Å². The molecule has 3 rings (SSSR count). The van der Waals surface area contributed by atoms with E-state index >= 15 is 0 Å². The van der Waals surface area contributed by atoms with Gasteiger partial charge < -0.3 is 5.32 Å². The van der Waals surface area contributed by atoms with Gasteiger partial charge in [0.15, 0.2) is 5.69 Å². The summed E-state index contributed by atoms with van der Waals surface area (Å²) in [5, 5.41) is 12.5. The van der Waals surface area contributed by atoms with E-state index in [2.05, 4.69) is 15.6 Å². The summed E-state index contributed by atoms with van der Waals surface area (Å²) in [5.41, 5.74) is 0.274. The molecule has 1 fully saturated rings. The van der Waals surface area contributed by atoms with Crippen LogP contribution in [0.2, 0.25) is 0 Å². The molecule has 1 aliphatic rings. The molecule has 2 aromatic heterocycles. The summed E-state index contributed by atoms with van der Waals surface area (Å²) in [5.74, 6) is -0.254. The predicted molar refractivity (Wildman–Crippen MR) is 103 cm³/mol. The summed E-state index contributed by atoms with van der Waals surface area (Å²) in [6, 6.07) is 3.38. The third-order valence-corrected chi connectivity index (χ3v) is 7.84. The zero-order valence-corrected chi connectivity index (χ0v) is 17.2. The molecule has 27 heavy (non-hydrogen) atoms. The van der Waals surface area contributed by atoms with E-state index in [1.807, 2.05) is 13.8 Å². The van der Waals surface area contributed by atoms with Gasteiger partial charge in [-0.2, -0.15) is 4.31 Å². The van der Waals surface area contributed by atoms with Crippen molar-refractivity contribution in [2.24, 2.45) is 0 Å². The van der Waals surface area contributed by atoms with E-state index in [4.69, 9.17) is 0 Å². The zero-order chi connectivity index (χ0) is 19.4. The van der Waals surface area contributed by atoms with Crippen molar-refractivity contribution in [3.63, 3.8) is 0 Å². The maximum Gasteiger partial charge on any atom is 0.273 e. The van der Waals surface area contributed by atoms with Crippen LogP contribution in [0.15, 0.2) is 27.9 Å². The number of rotatable bonds is 7. The van der Waals surface area contributed by atoms with Crippen LogP contribution in [0, 0.1) is 0 Å². The Bertz CT molecular complexity index is 861. The molecule has 0 spiro atoms. The van der Waals surface area contributed by atoms with E-state index in [-0.39, 0.29) is 23.7 Å². The highest BCUT2D eigenvalue weighted by molar-refractivity contribution is 7.91. The molecule has 3 heterocycles. The second kappa shape index (κ2) is 8.49. The van der Waals surface area contributed by atoms with Gasteiger partial charge in [0.2, 0.25) is 0 Å². The lowest BCUT2D eigenvalue weighted by molar-refractivity contribution is 0.0938. The van der Waals surface area contributed by atoms with E-state index in [1.54, 1.807) is 32.7 Å². The number of hydrogen-bond acceptors (Lipinski definition) is 6. The molecule has 8 nitrogen and oxygen atoms in total. The molecule has 10 heteroatoms. The number of thiophene rings is 1. The van der Waals surface area contributed by atoms with Crippen molar-refractivity contribution in [3.05, 3.63) is 29.4 Å². The molecule has 0 unspecified atom stereocenters. The Kier molecular flexibility index (Phi) is 6.28. The van der Waals surface area contributed by atoms with Crippen molar-refractivity contribution in [3.8, 4) is 0 Å². The van der Waals surface area contributed by atoms with Gasteiger partial charge in [-0.1, -0.05) is 17.7 Å². The Morgan fingerprint density at radius 3 is 2.93 bits per heavy atom. The van der Waals surface area contributed by atoms with Gasteiger partial charge >= 0.3 is 0 Å². The Labute approximate surface area is 163 Å². The summed E-state index contributed by atoms with van der Waals surface area (Å²) in [7, 11) is -3.45. The number of aryl methyl sites for hydroxylation is 1. The van der Waals surface area contributed by atoms with E-state index in [0.29, 0.717) is 23.7 Å². The van der Waals surface area contributed by atoms with Crippen LogP contribution in [-0.4, -0.2) is 52.3 Å². The summed E-state index contributed by atoms with van der Waals surface area (Å²) in [6.45, 7) is 4.83. The van der Waals surface area contributed by atoms with E-state index in [0.717, 1.165) is 19.3 Å². The molecule has 1 N–H and O–H groups in total. The first-order valence-electron chi connectivity index (χ1n) is 9.14. The van der Waals surface area contributed by atoms with Gasteiger partial charge in [0.05, 0.1) is 6.20 Å². The molecule has 0 aliphatic carbocycles. The van der Waals surface area contributed by atoms with Gasteiger partial charge in [-0.15, -0.1) is 16.4 Å². The molecule has 0 saturated carbocycles. The largest absolute Gasteiger partial charge is 0.348 e. The topological polar surface area (TPSA) is 97.2 Å². The van der Waals surface area contributed by atoms with Crippen molar-refractivity contribution >= 4 is 27.3 Å². The van der Waals surface area contributed by atoms with Crippen molar-refractivity contribution in [2.45, 2.75) is 62.4 Å². The summed E-state index contributed by atoms with van der Waals surface area (Å²) >= 11 is 1.25. The summed E-state index contributed by atoms with van der Waals surface area (Å²) in [4.78, 5) is 12.0. The van der Waals surface area contributed by atoms with Crippen LogP contribution in [0.3, 0.4) is 0 Å².